The van der Waals surface area contributed by atoms with E-state index in [1.165, 1.54) is 13.1 Å². The van der Waals surface area contributed by atoms with Crippen molar-refractivity contribution in [3.63, 3.8) is 0 Å². The minimum Gasteiger partial charge on any atom is -0.481 e. The molecule has 1 fully saturated rings. The molecule has 0 saturated heterocycles. The van der Waals surface area contributed by atoms with Crippen LogP contribution in [0, 0.1) is 6.92 Å². The smallest absolute Gasteiger partial charge is 0.279 e. The summed E-state index contributed by atoms with van der Waals surface area (Å²) in [6.45, 7) is 2.40. The predicted molar refractivity (Wildman–Crippen MR) is 169 cm³/mol. The molecule has 11 heteroatoms. The van der Waals surface area contributed by atoms with Gasteiger partial charge >= 0.3 is 0 Å². The summed E-state index contributed by atoms with van der Waals surface area (Å²) in [6, 6.07) is 16.4. The molecule has 224 valence electrons. The van der Waals surface area contributed by atoms with Gasteiger partial charge in [0.15, 0.2) is 5.15 Å². The minimum absolute atomic E-state index is 0.0406. The van der Waals surface area contributed by atoms with E-state index in [0.717, 1.165) is 58.2 Å². The van der Waals surface area contributed by atoms with Gasteiger partial charge in [-0.05, 0) is 49.1 Å². The van der Waals surface area contributed by atoms with E-state index >= 15 is 0 Å². The monoisotopic (exact) mass is 621 g/mol. The number of aryl methyl sites for hydroxylation is 1. The Kier molecular flexibility index (Phi) is 9.46. The summed E-state index contributed by atoms with van der Waals surface area (Å²) in [5, 5.41) is 21.0. The van der Waals surface area contributed by atoms with Crippen LogP contribution in [-0.2, 0) is 13.6 Å². The number of aromatic nitrogens is 3. The molecule has 0 bridgehead atoms. The van der Waals surface area contributed by atoms with Gasteiger partial charge in [-0.2, -0.15) is 5.10 Å². The summed E-state index contributed by atoms with van der Waals surface area (Å²) in [5.41, 5.74) is 4.46. The average molecular weight is 623 g/mol. The van der Waals surface area contributed by atoms with Crippen LogP contribution in [0.25, 0.3) is 22.4 Å². The fraction of sp³-hybridized carbons (Fsp3) is 0.312. The number of pyridine rings is 1. The largest absolute Gasteiger partial charge is 0.481 e. The molecular formula is C32H33Cl2N5O4. The van der Waals surface area contributed by atoms with E-state index in [-0.39, 0.29) is 22.9 Å². The third-order valence-electron chi connectivity index (χ3n) is 7.84. The first-order valence-corrected chi connectivity index (χ1v) is 14.8. The number of halogens is 2. The summed E-state index contributed by atoms with van der Waals surface area (Å²) in [4.78, 5) is 30.2. The first kappa shape index (κ1) is 30.7. The Morgan fingerprint density at radius 1 is 1.07 bits per heavy atom. The van der Waals surface area contributed by atoms with E-state index in [9.17, 15) is 14.7 Å². The quantitative estimate of drug-likeness (QED) is 0.228. The molecule has 9 nitrogen and oxygen atoms in total. The average Bonchev–Trinajstić information content (AvgIpc) is 3.00. The van der Waals surface area contributed by atoms with Crippen molar-refractivity contribution in [2.24, 2.45) is 7.05 Å². The van der Waals surface area contributed by atoms with Crippen molar-refractivity contribution in [2.45, 2.75) is 51.3 Å². The molecule has 0 radical (unpaired) electrons. The van der Waals surface area contributed by atoms with E-state index in [4.69, 9.17) is 32.9 Å². The topological polar surface area (TPSA) is 118 Å². The highest BCUT2D eigenvalue weighted by Crippen LogP contribution is 2.39. The van der Waals surface area contributed by atoms with E-state index in [2.05, 4.69) is 15.7 Å². The molecule has 2 heterocycles. The normalized spacial score (nSPS) is 16.6. The lowest BCUT2D eigenvalue weighted by molar-refractivity contribution is 0.0901. The fourth-order valence-electron chi connectivity index (χ4n) is 5.45. The third-order valence-corrected chi connectivity index (χ3v) is 8.43. The van der Waals surface area contributed by atoms with Crippen LogP contribution in [-0.4, -0.2) is 45.0 Å². The second-order valence-corrected chi connectivity index (χ2v) is 11.4. The number of rotatable bonds is 8. The van der Waals surface area contributed by atoms with Crippen LogP contribution in [0.4, 0.5) is 5.69 Å². The number of carbonyl (C=O) groups excluding carboxylic acids is 1. The Morgan fingerprint density at radius 2 is 1.79 bits per heavy atom. The Morgan fingerprint density at radius 3 is 2.56 bits per heavy atom. The third kappa shape index (κ3) is 6.60. The van der Waals surface area contributed by atoms with Gasteiger partial charge in [-0.3, -0.25) is 9.59 Å². The molecule has 2 atom stereocenters. The van der Waals surface area contributed by atoms with Crippen LogP contribution in [0.3, 0.4) is 0 Å². The second-order valence-electron chi connectivity index (χ2n) is 10.6. The summed E-state index contributed by atoms with van der Waals surface area (Å²) in [7, 11) is 3.02. The van der Waals surface area contributed by atoms with Gasteiger partial charge in [0.2, 0.25) is 5.88 Å². The molecule has 2 aromatic heterocycles. The van der Waals surface area contributed by atoms with Gasteiger partial charge in [0.05, 0.1) is 23.9 Å². The number of nitrogens with one attached hydrogen (secondary N) is 2. The van der Waals surface area contributed by atoms with Gasteiger partial charge in [-0.1, -0.05) is 72.4 Å². The zero-order valence-corrected chi connectivity index (χ0v) is 25.7. The van der Waals surface area contributed by atoms with E-state index in [0.29, 0.717) is 28.8 Å². The van der Waals surface area contributed by atoms with Gasteiger partial charge in [0.1, 0.15) is 5.56 Å². The first-order chi connectivity index (χ1) is 20.7. The Labute approximate surface area is 259 Å². The highest BCUT2D eigenvalue weighted by molar-refractivity contribution is 6.36. The number of benzene rings is 2. The maximum absolute atomic E-state index is 13.0. The van der Waals surface area contributed by atoms with Crippen LogP contribution in [0.1, 0.15) is 47.2 Å². The van der Waals surface area contributed by atoms with Crippen LogP contribution in [0.2, 0.25) is 10.2 Å². The van der Waals surface area contributed by atoms with Crippen LogP contribution >= 0.6 is 23.2 Å². The molecule has 2 aromatic carbocycles. The molecule has 0 aliphatic heterocycles. The standard InChI is InChI=1S/C32H33Cl2N5O4/c1-18-20(8-7-12-24(18)36-30(41)23-16-28(33)38-39(2)32(23)42)21-9-6-10-22(29(21)34)25-15-14-19(31(37-25)43-3)17-35-26-11-4-5-13-27(26)40/h6-10,12,14-16,26-27,35,40H,4-5,11,13,17H2,1-3H3,(H,36,41). The molecule has 4 aromatic rings. The number of aliphatic hydroxyl groups excluding tert-OH is 1. The lowest BCUT2D eigenvalue weighted by Gasteiger charge is -2.28. The summed E-state index contributed by atoms with van der Waals surface area (Å²) in [6.07, 6.45) is 3.57. The fourth-order valence-corrected chi connectivity index (χ4v) is 5.99. The van der Waals surface area contributed by atoms with Crippen molar-refractivity contribution in [3.8, 4) is 28.3 Å². The molecule has 0 spiro atoms. The molecule has 1 aliphatic rings. The van der Waals surface area contributed by atoms with Crippen molar-refractivity contribution in [1.82, 2.24) is 20.1 Å². The van der Waals surface area contributed by atoms with Gasteiger partial charge in [-0.25, -0.2) is 9.67 Å². The predicted octanol–water partition coefficient (Wildman–Crippen LogP) is 5.78. The number of hydrogen-bond donors (Lipinski definition) is 3. The number of anilines is 1. The summed E-state index contributed by atoms with van der Waals surface area (Å²) >= 11 is 13.0. The Balaban J connectivity index is 1.41. The molecule has 1 amide bonds. The number of carbonyl (C=O) groups is 1. The second kappa shape index (κ2) is 13.3. The van der Waals surface area contributed by atoms with E-state index < -0.39 is 11.5 Å². The number of amides is 1. The molecule has 43 heavy (non-hydrogen) atoms. The summed E-state index contributed by atoms with van der Waals surface area (Å²) in [5.74, 6) is -0.103. The zero-order chi connectivity index (χ0) is 30.7. The van der Waals surface area contributed by atoms with Crippen LogP contribution < -0.4 is 20.9 Å². The number of methoxy groups -OCH3 is 1. The number of ether oxygens (including phenoxy) is 1. The SMILES string of the molecule is COc1nc(-c2cccc(-c3cccc(NC(=O)c4cc(Cl)nn(C)c4=O)c3C)c2Cl)ccc1CNC1CCCCC1O. The lowest BCUT2D eigenvalue weighted by Crippen LogP contribution is -2.41. The van der Waals surface area contributed by atoms with Crippen molar-refractivity contribution < 1.29 is 14.6 Å². The number of nitrogens with zero attached hydrogens (tertiary/aromatic N) is 3. The zero-order valence-electron chi connectivity index (χ0n) is 24.2. The summed E-state index contributed by atoms with van der Waals surface area (Å²) < 4.78 is 6.65. The van der Waals surface area contributed by atoms with Gasteiger partial charge < -0.3 is 20.5 Å². The molecule has 5 rings (SSSR count). The molecular weight excluding hydrogens is 589 g/mol. The van der Waals surface area contributed by atoms with Crippen LogP contribution in [0.5, 0.6) is 5.88 Å². The van der Waals surface area contributed by atoms with E-state index in [1.807, 2.05) is 49.4 Å². The first-order valence-electron chi connectivity index (χ1n) is 14.1. The van der Waals surface area contributed by atoms with Gasteiger partial charge in [0, 0.05) is 42.0 Å². The maximum Gasteiger partial charge on any atom is 0.279 e. The van der Waals surface area contributed by atoms with Crippen molar-refractivity contribution >= 4 is 34.8 Å². The maximum atomic E-state index is 13.0. The van der Waals surface area contributed by atoms with E-state index in [1.54, 1.807) is 13.2 Å². The lowest BCUT2D eigenvalue weighted by atomic mass is 9.92. The highest BCUT2D eigenvalue weighted by Gasteiger charge is 2.23. The molecule has 1 saturated carbocycles. The van der Waals surface area contributed by atoms with Gasteiger partial charge in [0.25, 0.3) is 11.5 Å². The van der Waals surface area contributed by atoms with Crippen LogP contribution in [0.15, 0.2) is 59.4 Å². The number of aliphatic hydroxyl groups is 1. The Hall–Kier alpha value is -3.76. The molecule has 2 unspecified atom stereocenters. The Bertz CT molecular complexity index is 1720. The molecule has 3 N–H and O–H groups in total. The van der Waals surface area contributed by atoms with Crippen molar-refractivity contribution in [1.29, 1.82) is 0 Å². The minimum atomic E-state index is -0.589. The van der Waals surface area contributed by atoms with Crippen molar-refractivity contribution in [2.75, 3.05) is 12.4 Å². The number of hydrogen-bond acceptors (Lipinski definition) is 7. The van der Waals surface area contributed by atoms with Crippen molar-refractivity contribution in [3.05, 3.63) is 91.8 Å². The molecule has 1 aliphatic carbocycles. The highest BCUT2D eigenvalue weighted by atomic mass is 35.5. The van der Waals surface area contributed by atoms with Gasteiger partial charge in [-0.15, -0.1) is 0 Å².